The molecule has 0 heterocycles. The fourth-order valence-electron chi connectivity index (χ4n) is 1.50. The summed E-state index contributed by atoms with van der Waals surface area (Å²) in [5.74, 6) is -2.69. The van der Waals surface area contributed by atoms with Gasteiger partial charge in [0.25, 0.3) is 0 Å². The molecule has 2 aromatic carbocycles. The molecule has 4 heteroatoms. The molecular weight excluding hydrogens is 232 g/mol. The molecule has 0 atom stereocenters. The molecular formula is C14H10O4. The number of carboxylic acid groups (broad SMARTS) is 1. The predicted molar refractivity (Wildman–Crippen MR) is 65.1 cm³/mol. The molecule has 0 aliphatic rings. The molecule has 0 aliphatic carbocycles. The van der Waals surface area contributed by atoms with Crippen LogP contribution in [0.5, 0.6) is 5.75 Å². The monoisotopic (exact) mass is 242 g/mol. The summed E-state index contributed by atoms with van der Waals surface area (Å²) in [7, 11) is 0. The largest absolute Gasteiger partial charge is 0.473 e. The van der Waals surface area contributed by atoms with Crippen LogP contribution >= 0.6 is 0 Å². The van der Waals surface area contributed by atoms with Gasteiger partial charge in [-0.1, -0.05) is 42.5 Å². The van der Waals surface area contributed by atoms with Gasteiger partial charge in [-0.2, -0.15) is 0 Å². The van der Waals surface area contributed by atoms with E-state index in [-0.39, 0.29) is 5.75 Å². The van der Waals surface area contributed by atoms with E-state index in [0.717, 1.165) is 11.1 Å². The molecule has 0 bridgehead atoms. The Kier molecular flexibility index (Phi) is 3.38. The maximum Gasteiger partial charge on any atom is 0.422 e. The maximum absolute atomic E-state index is 10.8. The molecule has 2 rings (SSSR count). The van der Waals surface area contributed by atoms with Crippen LogP contribution in [0.1, 0.15) is 0 Å². The van der Waals surface area contributed by atoms with E-state index in [2.05, 4.69) is 4.74 Å². The van der Waals surface area contributed by atoms with E-state index in [1.165, 1.54) is 0 Å². The lowest BCUT2D eigenvalue weighted by molar-refractivity contribution is -0.158. The third-order valence-corrected chi connectivity index (χ3v) is 2.35. The Hall–Kier alpha value is -2.62. The third-order valence-electron chi connectivity index (χ3n) is 2.35. The molecule has 0 fully saturated rings. The predicted octanol–water partition coefficient (Wildman–Crippen LogP) is 2.34. The van der Waals surface area contributed by atoms with Gasteiger partial charge in [0.1, 0.15) is 5.75 Å². The molecule has 0 aliphatic heterocycles. The van der Waals surface area contributed by atoms with E-state index < -0.39 is 11.9 Å². The van der Waals surface area contributed by atoms with Crippen LogP contribution in [0.25, 0.3) is 11.1 Å². The Bertz CT molecular complexity index is 558. The van der Waals surface area contributed by atoms with Crippen molar-refractivity contribution in [1.82, 2.24) is 0 Å². The summed E-state index contributed by atoms with van der Waals surface area (Å²) in [6.07, 6.45) is 0. The first-order valence-electron chi connectivity index (χ1n) is 5.27. The minimum absolute atomic E-state index is 0.210. The fraction of sp³-hybridized carbons (Fsp3) is 0. The fourth-order valence-corrected chi connectivity index (χ4v) is 1.50. The second-order valence-corrected chi connectivity index (χ2v) is 3.59. The van der Waals surface area contributed by atoms with Gasteiger partial charge in [0, 0.05) is 0 Å². The number of ether oxygens (including phenoxy) is 1. The maximum atomic E-state index is 10.8. The first kappa shape index (κ1) is 11.9. The van der Waals surface area contributed by atoms with Gasteiger partial charge in [0.05, 0.1) is 0 Å². The van der Waals surface area contributed by atoms with E-state index in [1.807, 2.05) is 30.3 Å². The van der Waals surface area contributed by atoms with Crippen molar-refractivity contribution < 1.29 is 19.4 Å². The Morgan fingerprint density at radius 3 is 1.94 bits per heavy atom. The van der Waals surface area contributed by atoms with Crippen LogP contribution in [-0.2, 0) is 9.59 Å². The summed E-state index contributed by atoms with van der Waals surface area (Å²) in [6.45, 7) is 0. The number of hydrogen-bond acceptors (Lipinski definition) is 3. The number of aliphatic carboxylic acids is 1. The number of benzene rings is 2. The number of esters is 1. The van der Waals surface area contributed by atoms with Crippen molar-refractivity contribution in [2.45, 2.75) is 0 Å². The molecule has 2 aromatic rings. The van der Waals surface area contributed by atoms with Crippen molar-refractivity contribution in [3.05, 3.63) is 54.6 Å². The normalized spacial score (nSPS) is 9.78. The first-order valence-corrected chi connectivity index (χ1v) is 5.27. The smallest absolute Gasteiger partial charge is 0.422 e. The van der Waals surface area contributed by atoms with E-state index in [1.54, 1.807) is 24.3 Å². The zero-order valence-corrected chi connectivity index (χ0v) is 9.37. The molecule has 0 saturated carbocycles. The Morgan fingerprint density at radius 2 is 1.39 bits per heavy atom. The lowest BCUT2D eigenvalue weighted by Crippen LogP contribution is -2.19. The van der Waals surface area contributed by atoms with Crippen molar-refractivity contribution in [2.75, 3.05) is 0 Å². The average molecular weight is 242 g/mol. The van der Waals surface area contributed by atoms with Gasteiger partial charge in [0.15, 0.2) is 0 Å². The van der Waals surface area contributed by atoms with E-state index in [4.69, 9.17) is 5.11 Å². The number of carbonyl (C=O) groups is 2. The van der Waals surface area contributed by atoms with Crippen LogP contribution in [0.4, 0.5) is 0 Å². The van der Waals surface area contributed by atoms with Crippen LogP contribution in [0, 0.1) is 0 Å². The lowest BCUT2D eigenvalue weighted by Gasteiger charge is -2.04. The van der Waals surface area contributed by atoms with Gasteiger partial charge >= 0.3 is 11.9 Å². The van der Waals surface area contributed by atoms with Gasteiger partial charge in [-0.05, 0) is 23.3 Å². The summed E-state index contributed by atoms with van der Waals surface area (Å²) < 4.78 is 4.63. The zero-order chi connectivity index (χ0) is 13.0. The minimum Gasteiger partial charge on any atom is -0.473 e. The van der Waals surface area contributed by atoms with Gasteiger partial charge in [-0.3, -0.25) is 0 Å². The molecule has 4 nitrogen and oxygen atoms in total. The molecule has 1 N–H and O–H groups in total. The molecule has 0 spiro atoms. The SMILES string of the molecule is O=C(O)C(=O)Oc1ccc(-c2ccccc2)cc1. The van der Waals surface area contributed by atoms with E-state index in [9.17, 15) is 9.59 Å². The summed E-state index contributed by atoms with van der Waals surface area (Å²) in [5, 5.41) is 8.40. The van der Waals surface area contributed by atoms with Gasteiger partial charge in [-0.15, -0.1) is 0 Å². The van der Waals surface area contributed by atoms with Crippen LogP contribution in [-0.4, -0.2) is 17.0 Å². The molecule has 0 radical (unpaired) electrons. The van der Waals surface area contributed by atoms with Crippen molar-refractivity contribution in [3.63, 3.8) is 0 Å². The molecule has 0 amide bonds. The lowest BCUT2D eigenvalue weighted by atomic mass is 10.1. The van der Waals surface area contributed by atoms with Crippen molar-refractivity contribution in [1.29, 1.82) is 0 Å². The van der Waals surface area contributed by atoms with Crippen LogP contribution in [0.3, 0.4) is 0 Å². The van der Waals surface area contributed by atoms with E-state index >= 15 is 0 Å². The highest BCUT2D eigenvalue weighted by atomic mass is 16.6. The summed E-state index contributed by atoms with van der Waals surface area (Å²) in [6, 6.07) is 16.3. The highest BCUT2D eigenvalue weighted by molar-refractivity contribution is 6.29. The number of carboxylic acids is 1. The Balaban J connectivity index is 2.16. The third kappa shape index (κ3) is 2.74. The van der Waals surface area contributed by atoms with Crippen molar-refractivity contribution >= 4 is 11.9 Å². The first-order chi connectivity index (χ1) is 8.66. The number of hydrogen-bond donors (Lipinski definition) is 1. The number of rotatable bonds is 2. The van der Waals surface area contributed by atoms with Crippen LogP contribution in [0.15, 0.2) is 54.6 Å². The van der Waals surface area contributed by atoms with Crippen LogP contribution < -0.4 is 4.74 Å². The van der Waals surface area contributed by atoms with Gasteiger partial charge in [-0.25, -0.2) is 9.59 Å². The van der Waals surface area contributed by atoms with Gasteiger partial charge in [0.2, 0.25) is 0 Å². The molecule has 0 unspecified atom stereocenters. The molecule has 90 valence electrons. The van der Waals surface area contributed by atoms with Crippen molar-refractivity contribution in [2.24, 2.45) is 0 Å². The second kappa shape index (κ2) is 5.14. The topological polar surface area (TPSA) is 63.6 Å². The summed E-state index contributed by atoms with van der Waals surface area (Å²) >= 11 is 0. The highest BCUT2D eigenvalue weighted by Crippen LogP contribution is 2.21. The minimum atomic E-state index is -1.61. The molecule has 18 heavy (non-hydrogen) atoms. The van der Waals surface area contributed by atoms with Crippen LogP contribution in [0.2, 0.25) is 0 Å². The quantitative estimate of drug-likeness (QED) is 0.498. The zero-order valence-electron chi connectivity index (χ0n) is 9.37. The summed E-state index contributed by atoms with van der Waals surface area (Å²) in [5.41, 5.74) is 2.00. The number of carbonyl (C=O) groups excluding carboxylic acids is 1. The Morgan fingerprint density at radius 1 is 0.833 bits per heavy atom. The average Bonchev–Trinajstić information content (AvgIpc) is 2.40. The van der Waals surface area contributed by atoms with Gasteiger partial charge < -0.3 is 9.84 Å². The Labute approximate surface area is 103 Å². The molecule has 0 saturated heterocycles. The second-order valence-electron chi connectivity index (χ2n) is 3.59. The van der Waals surface area contributed by atoms with E-state index in [0.29, 0.717) is 0 Å². The van der Waals surface area contributed by atoms with Crippen molar-refractivity contribution in [3.8, 4) is 16.9 Å². The summed E-state index contributed by atoms with van der Waals surface area (Å²) in [4.78, 5) is 21.2. The highest BCUT2D eigenvalue weighted by Gasteiger charge is 2.13. The molecule has 0 aromatic heterocycles. The standard InChI is InChI=1S/C14H10O4/c15-13(16)14(17)18-12-8-6-11(7-9-12)10-4-2-1-3-5-10/h1-9H,(H,15,16).